The maximum atomic E-state index is 13.0. The van der Waals surface area contributed by atoms with Crippen LogP contribution in [0.3, 0.4) is 0 Å². The highest BCUT2D eigenvalue weighted by atomic mass is 35.5. The highest BCUT2D eigenvalue weighted by Crippen LogP contribution is 2.16. The number of aryl methyl sites for hydroxylation is 1. The molecule has 104 valence electrons. The van der Waals surface area contributed by atoms with Gasteiger partial charge in [-0.05, 0) is 36.8 Å². The molecule has 2 aromatic carbocycles. The van der Waals surface area contributed by atoms with Crippen molar-refractivity contribution in [1.29, 1.82) is 0 Å². The SMILES string of the molecule is Cc1ccc(S(=O)(=O)N=Cc2ccc(F)c(Cl)c2)cc1. The summed E-state index contributed by atoms with van der Waals surface area (Å²) in [4.78, 5) is 0.104. The lowest BCUT2D eigenvalue weighted by atomic mass is 10.2. The lowest BCUT2D eigenvalue weighted by Crippen LogP contribution is -1.98. The molecule has 0 aliphatic rings. The molecule has 0 bridgehead atoms. The molecule has 0 aliphatic carbocycles. The predicted octanol–water partition coefficient (Wildman–Crippen LogP) is 3.60. The van der Waals surface area contributed by atoms with Crippen molar-refractivity contribution in [1.82, 2.24) is 0 Å². The number of sulfonamides is 1. The van der Waals surface area contributed by atoms with Crippen LogP contribution in [-0.2, 0) is 10.0 Å². The Balaban J connectivity index is 2.29. The Hall–Kier alpha value is -1.72. The van der Waals surface area contributed by atoms with E-state index in [4.69, 9.17) is 11.6 Å². The largest absolute Gasteiger partial charge is 0.282 e. The van der Waals surface area contributed by atoms with Crippen LogP contribution in [0.25, 0.3) is 0 Å². The molecule has 0 fully saturated rings. The van der Waals surface area contributed by atoms with E-state index in [0.29, 0.717) is 5.56 Å². The Kier molecular flexibility index (Phi) is 4.20. The lowest BCUT2D eigenvalue weighted by Gasteiger charge is -2.00. The van der Waals surface area contributed by atoms with Gasteiger partial charge in [0, 0.05) is 6.21 Å². The summed E-state index contributed by atoms with van der Waals surface area (Å²) in [7, 11) is -3.77. The van der Waals surface area contributed by atoms with Crippen molar-refractivity contribution in [2.24, 2.45) is 4.40 Å². The fourth-order valence-electron chi connectivity index (χ4n) is 1.49. The average molecular weight is 312 g/mol. The van der Waals surface area contributed by atoms with Gasteiger partial charge in [-0.25, -0.2) is 4.39 Å². The number of nitrogens with zero attached hydrogens (tertiary/aromatic N) is 1. The van der Waals surface area contributed by atoms with Crippen LogP contribution >= 0.6 is 11.6 Å². The minimum absolute atomic E-state index is 0.0818. The first-order chi connectivity index (χ1) is 9.38. The zero-order valence-electron chi connectivity index (χ0n) is 10.5. The molecule has 0 aliphatic heterocycles. The summed E-state index contributed by atoms with van der Waals surface area (Å²) in [5, 5.41) is -0.0818. The Morgan fingerprint density at radius 2 is 1.80 bits per heavy atom. The van der Waals surface area contributed by atoms with Gasteiger partial charge in [0.15, 0.2) is 0 Å². The minimum Gasteiger partial charge on any atom is -0.205 e. The van der Waals surface area contributed by atoms with Crippen LogP contribution in [0.1, 0.15) is 11.1 Å². The standard InChI is InChI=1S/C14H11ClFNO2S/c1-10-2-5-12(6-3-10)20(18,19)17-9-11-4-7-14(16)13(15)8-11/h2-9H,1H3. The van der Waals surface area contributed by atoms with Gasteiger partial charge in [0.1, 0.15) is 5.82 Å². The minimum atomic E-state index is -3.77. The first kappa shape index (κ1) is 14.7. The van der Waals surface area contributed by atoms with Crippen molar-refractivity contribution in [3.8, 4) is 0 Å². The van der Waals surface area contributed by atoms with Crippen molar-refractivity contribution < 1.29 is 12.8 Å². The third-order valence-electron chi connectivity index (χ3n) is 2.60. The fraction of sp³-hybridized carbons (Fsp3) is 0.0714. The summed E-state index contributed by atoms with van der Waals surface area (Å²) in [5.41, 5.74) is 1.37. The topological polar surface area (TPSA) is 46.5 Å². The zero-order chi connectivity index (χ0) is 14.8. The van der Waals surface area contributed by atoms with Gasteiger partial charge >= 0.3 is 0 Å². The van der Waals surface area contributed by atoms with E-state index in [1.165, 1.54) is 24.3 Å². The van der Waals surface area contributed by atoms with E-state index in [1.807, 2.05) is 6.92 Å². The summed E-state index contributed by atoms with van der Waals surface area (Å²) in [5.74, 6) is -0.565. The average Bonchev–Trinajstić information content (AvgIpc) is 2.41. The molecule has 0 saturated heterocycles. The van der Waals surface area contributed by atoms with Crippen molar-refractivity contribution in [3.63, 3.8) is 0 Å². The Bertz CT molecular complexity index is 755. The molecule has 0 unspecified atom stereocenters. The first-order valence-corrected chi connectivity index (χ1v) is 7.52. The summed E-state index contributed by atoms with van der Waals surface area (Å²) >= 11 is 5.61. The number of rotatable bonds is 3. The molecule has 0 N–H and O–H groups in total. The molecule has 0 radical (unpaired) electrons. The van der Waals surface area contributed by atoms with E-state index in [0.717, 1.165) is 17.8 Å². The Morgan fingerprint density at radius 1 is 1.15 bits per heavy atom. The van der Waals surface area contributed by atoms with Crippen molar-refractivity contribution in [2.45, 2.75) is 11.8 Å². The van der Waals surface area contributed by atoms with E-state index < -0.39 is 15.8 Å². The van der Waals surface area contributed by atoms with Crippen LogP contribution in [0, 0.1) is 12.7 Å². The van der Waals surface area contributed by atoms with Gasteiger partial charge in [-0.3, -0.25) is 0 Å². The maximum Gasteiger partial charge on any atom is 0.282 e. The molecular weight excluding hydrogens is 301 g/mol. The van der Waals surface area contributed by atoms with Crippen LogP contribution in [-0.4, -0.2) is 14.6 Å². The van der Waals surface area contributed by atoms with E-state index in [-0.39, 0.29) is 9.92 Å². The van der Waals surface area contributed by atoms with Crippen LogP contribution in [0.2, 0.25) is 5.02 Å². The van der Waals surface area contributed by atoms with Crippen molar-refractivity contribution >= 4 is 27.8 Å². The third-order valence-corrected chi connectivity index (χ3v) is 4.14. The fourth-order valence-corrected chi connectivity index (χ4v) is 2.55. The Morgan fingerprint density at radius 3 is 2.40 bits per heavy atom. The molecule has 0 saturated carbocycles. The molecule has 0 atom stereocenters. The summed E-state index contributed by atoms with van der Waals surface area (Å²) < 4.78 is 40.5. The number of hydrogen-bond acceptors (Lipinski definition) is 2. The second-order valence-electron chi connectivity index (χ2n) is 4.20. The highest BCUT2D eigenvalue weighted by Gasteiger charge is 2.11. The molecular formula is C14H11ClFNO2S. The van der Waals surface area contributed by atoms with Gasteiger partial charge in [-0.15, -0.1) is 0 Å². The molecule has 2 aromatic rings. The van der Waals surface area contributed by atoms with Gasteiger partial charge in [0.05, 0.1) is 9.92 Å². The number of hydrogen-bond donors (Lipinski definition) is 0. The summed E-state index contributed by atoms with van der Waals surface area (Å²) in [6.07, 6.45) is 1.14. The quantitative estimate of drug-likeness (QED) is 0.813. The molecule has 0 spiro atoms. The molecule has 0 amide bonds. The van der Waals surface area contributed by atoms with Crippen LogP contribution < -0.4 is 0 Å². The predicted molar refractivity (Wildman–Crippen MR) is 77.4 cm³/mol. The second-order valence-corrected chi connectivity index (χ2v) is 6.24. The van der Waals surface area contributed by atoms with E-state index in [9.17, 15) is 12.8 Å². The van der Waals surface area contributed by atoms with Gasteiger partial charge in [-0.1, -0.05) is 35.4 Å². The van der Waals surface area contributed by atoms with Crippen LogP contribution in [0.5, 0.6) is 0 Å². The molecule has 3 nitrogen and oxygen atoms in total. The van der Waals surface area contributed by atoms with E-state index in [1.54, 1.807) is 12.1 Å². The van der Waals surface area contributed by atoms with Gasteiger partial charge < -0.3 is 0 Å². The molecule has 0 aromatic heterocycles. The van der Waals surface area contributed by atoms with Gasteiger partial charge in [0.2, 0.25) is 0 Å². The molecule has 0 heterocycles. The van der Waals surface area contributed by atoms with Crippen molar-refractivity contribution in [3.05, 3.63) is 64.4 Å². The molecule has 20 heavy (non-hydrogen) atoms. The van der Waals surface area contributed by atoms with E-state index >= 15 is 0 Å². The number of benzene rings is 2. The normalized spacial score (nSPS) is 11.9. The zero-order valence-corrected chi connectivity index (χ0v) is 12.1. The highest BCUT2D eigenvalue weighted by molar-refractivity contribution is 7.90. The van der Waals surface area contributed by atoms with Crippen LogP contribution in [0.4, 0.5) is 4.39 Å². The van der Waals surface area contributed by atoms with E-state index in [2.05, 4.69) is 4.40 Å². The smallest absolute Gasteiger partial charge is 0.205 e. The van der Waals surface area contributed by atoms with Gasteiger partial charge in [0.25, 0.3) is 10.0 Å². The summed E-state index contributed by atoms with van der Waals surface area (Å²) in [6.45, 7) is 1.86. The molecule has 6 heteroatoms. The van der Waals surface area contributed by atoms with Gasteiger partial charge in [-0.2, -0.15) is 12.8 Å². The second kappa shape index (κ2) is 5.73. The Labute approximate surface area is 121 Å². The third kappa shape index (κ3) is 3.43. The number of halogens is 2. The van der Waals surface area contributed by atoms with Crippen LogP contribution in [0.15, 0.2) is 51.8 Å². The monoisotopic (exact) mass is 311 g/mol. The van der Waals surface area contributed by atoms with Crippen molar-refractivity contribution in [2.75, 3.05) is 0 Å². The maximum absolute atomic E-state index is 13.0. The lowest BCUT2D eigenvalue weighted by molar-refractivity contribution is 0.598. The summed E-state index contributed by atoms with van der Waals surface area (Å²) in [6, 6.07) is 10.2. The molecule has 2 rings (SSSR count). The first-order valence-electron chi connectivity index (χ1n) is 5.70.